The molecule has 3 heterocycles. The number of benzene rings is 2. The highest BCUT2D eigenvalue weighted by Gasteiger charge is 2.46. The van der Waals surface area contributed by atoms with Gasteiger partial charge in [-0.15, -0.1) is 0 Å². The summed E-state index contributed by atoms with van der Waals surface area (Å²) < 4.78 is 22.5. The van der Waals surface area contributed by atoms with Gasteiger partial charge in [0.05, 0.1) is 6.10 Å². The van der Waals surface area contributed by atoms with Crippen molar-refractivity contribution in [3.05, 3.63) is 46.5 Å². The van der Waals surface area contributed by atoms with Gasteiger partial charge >= 0.3 is 0 Å². The quantitative estimate of drug-likeness (QED) is 0.784. The summed E-state index contributed by atoms with van der Waals surface area (Å²) in [5.74, 6) is 3.19. The minimum Gasteiger partial charge on any atom is -0.454 e. The van der Waals surface area contributed by atoms with E-state index in [2.05, 4.69) is 24.1 Å². The average molecular weight is 353 g/mol. The van der Waals surface area contributed by atoms with Crippen molar-refractivity contribution in [2.24, 2.45) is 0 Å². The highest BCUT2D eigenvalue weighted by molar-refractivity contribution is 5.59. The third-order valence-corrected chi connectivity index (χ3v) is 6.08. The molecular formula is C20H19NO5. The molecule has 26 heavy (non-hydrogen) atoms. The number of hydrogen-bond acceptors (Lipinski definition) is 6. The topological polar surface area (TPSA) is 60.4 Å². The summed E-state index contributed by atoms with van der Waals surface area (Å²) in [5, 5.41) is 11.1. The second-order valence-electron chi connectivity index (χ2n) is 7.39. The second-order valence-corrected chi connectivity index (χ2v) is 7.39. The van der Waals surface area contributed by atoms with Crippen LogP contribution in [0.15, 0.2) is 24.3 Å². The Morgan fingerprint density at radius 1 is 0.885 bits per heavy atom. The number of aliphatic hydroxyl groups is 1. The second kappa shape index (κ2) is 5.05. The van der Waals surface area contributed by atoms with E-state index >= 15 is 0 Å². The van der Waals surface area contributed by atoms with Crippen molar-refractivity contribution >= 4 is 0 Å². The zero-order valence-electron chi connectivity index (χ0n) is 14.4. The van der Waals surface area contributed by atoms with Crippen molar-refractivity contribution in [2.75, 3.05) is 20.6 Å². The predicted molar refractivity (Wildman–Crippen MR) is 91.8 cm³/mol. The Bertz CT molecular complexity index is 851. The van der Waals surface area contributed by atoms with Crippen LogP contribution in [0.5, 0.6) is 23.0 Å². The molecule has 0 unspecified atom stereocenters. The predicted octanol–water partition coefficient (Wildman–Crippen LogP) is 2.33. The van der Waals surface area contributed by atoms with Crippen LogP contribution in [0.4, 0.5) is 0 Å². The van der Waals surface area contributed by atoms with Crippen molar-refractivity contribution < 1.29 is 24.1 Å². The number of hydrogen-bond donors (Lipinski definition) is 1. The Hall–Kier alpha value is -2.44. The van der Waals surface area contributed by atoms with Crippen LogP contribution in [0.2, 0.25) is 0 Å². The van der Waals surface area contributed by atoms with Crippen LogP contribution in [0.3, 0.4) is 0 Å². The van der Waals surface area contributed by atoms with E-state index in [1.807, 2.05) is 12.1 Å². The van der Waals surface area contributed by atoms with Gasteiger partial charge in [0.2, 0.25) is 13.6 Å². The van der Waals surface area contributed by atoms with Gasteiger partial charge in [-0.3, -0.25) is 4.90 Å². The van der Waals surface area contributed by atoms with Crippen LogP contribution in [-0.4, -0.2) is 36.7 Å². The Labute approximate surface area is 150 Å². The van der Waals surface area contributed by atoms with Gasteiger partial charge in [-0.2, -0.15) is 0 Å². The van der Waals surface area contributed by atoms with Gasteiger partial charge in [0, 0.05) is 36.1 Å². The summed E-state index contributed by atoms with van der Waals surface area (Å²) in [6, 6.07) is 8.26. The zero-order valence-corrected chi connectivity index (χ0v) is 14.4. The van der Waals surface area contributed by atoms with Crippen molar-refractivity contribution in [3.63, 3.8) is 0 Å². The van der Waals surface area contributed by atoms with Crippen LogP contribution in [0, 0.1) is 0 Å². The normalized spacial score (nSPS) is 27.7. The molecule has 134 valence electrons. The van der Waals surface area contributed by atoms with Gasteiger partial charge in [-0.1, -0.05) is 12.1 Å². The average Bonchev–Trinajstić information content (AvgIpc) is 3.30. The standard InChI is InChI=1S/C20H19NO5/c1-21-7-13-10(2-4-16-20(13)26-9-24-16)17-14(22)6-12-11(18(17)21)3-5-15-19(12)25-8-23-15/h2-5,14,17-18,22H,6-9H2,1H3/t14-,17+,18-/m0/s1. The molecule has 2 aromatic rings. The summed E-state index contributed by atoms with van der Waals surface area (Å²) in [6.07, 6.45) is 0.0650. The largest absolute Gasteiger partial charge is 0.454 e. The van der Waals surface area contributed by atoms with E-state index in [0.717, 1.165) is 46.2 Å². The first-order chi connectivity index (χ1) is 12.7. The maximum absolute atomic E-state index is 11.1. The molecule has 4 aliphatic rings. The van der Waals surface area contributed by atoms with E-state index in [4.69, 9.17) is 18.9 Å². The number of likely N-dealkylation sites (N-methyl/N-ethyl adjacent to an activating group) is 1. The zero-order chi connectivity index (χ0) is 17.4. The first-order valence-electron chi connectivity index (χ1n) is 8.93. The van der Waals surface area contributed by atoms with E-state index in [-0.39, 0.29) is 25.5 Å². The maximum Gasteiger partial charge on any atom is 0.231 e. The Morgan fingerprint density at radius 2 is 1.54 bits per heavy atom. The molecule has 0 bridgehead atoms. The summed E-state index contributed by atoms with van der Waals surface area (Å²) >= 11 is 0. The molecule has 6 heteroatoms. The molecule has 3 aliphatic heterocycles. The molecular weight excluding hydrogens is 334 g/mol. The van der Waals surface area contributed by atoms with Crippen LogP contribution in [0.25, 0.3) is 0 Å². The summed E-state index contributed by atoms with van der Waals surface area (Å²) in [4.78, 5) is 2.29. The van der Waals surface area contributed by atoms with Crippen molar-refractivity contribution in [2.45, 2.75) is 31.0 Å². The fraction of sp³-hybridized carbons (Fsp3) is 0.400. The summed E-state index contributed by atoms with van der Waals surface area (Å²) in [7, 11) is 2.10. The molecule has 1 aliphatic carbocycles. The molecule has 0 spiro atoms. The maximum atomic E-state index is 11.1. The molecule has 0 aromatic heterocycles. The smallest absolute Gasteiger partial charge is 0.231 e. The van der Waals surface area contributed by atoms with E-state index in [1.165, 1.54) is 5.56 Å². The third kappa shape index (κ3) is 1.78. The van der Waals surface area contributed by atoms with Gasteiger partial charge in [0.1, 0.15) is 0 Å². The van der Waals surface area contributed by atoms with Crippen molar-refractivity contribution in [3.8, 4) is 23.0 Å². The number of aliphatic hydroxyl groups excluding tert-OH is 1. The number of nitrogens with zero attached hydrogens (tertiary/aromatic N) is 1. The van der Waals surface area contributed by atoms with E-state index in [9.17, 15) is 5.11 Å². The molecule has 6 nitrogen and oxygen atoms in total. The minimum atomic E-state index is -0.495. The lowest BCUT2D eigenvalue weighted by Crippen LogP contribution is -2.43. The monoisotopic (exact) mass is 353 g/mol. The van der Waals surface area contributed by atoms with Crippen LogP contribution in [-0.2, 0) is 13.0 Å². The van der Waals surface area contributed by atoms with E-state index < -0.39 is 6.10 Å². The fourth-order valence-electron chi connectivity index (χ4n) is 5.03. The lowest BCUT2D eigenvalue weighted by atomic mass is 9.70. The number of rotatable bonds is 0. The number of fused-ring (bicyclic) bond motifs is 9. The van der Waals surface area contributed by atoms with Crippen LogP contribution >= 0.6 is 0 Å². The van der Waals surface area contributed by atoms with Crippen LogP contribution in [0.1, 0.15) is 34.2 Å². The molecule has 0 saturated heterocycles. The number of ether oxygens (including phenoxy) is 4. The fourth-order valence-corrected chi connectivity index (χ4v) is 5.03. The first-order valence-corrected chi connectivity index (χ1v) is 8.93. The molecule has 0 amide bonds. The summed E-state index contributed by atoms with van der Waals surface area (Å²) in [5.41, 5.74) is 4.58. The Balaban J connectivity index is 1.54. The summed E-state index contributed by atoms with van der Waals surface area (Å²) in [6.45, 7) is 1.26. The molecule has 3 atom stereocenters. The molecule has 0 fully saturated rings. The Kier molecular flexibility index (Phi) is 2.86. The van der Waals surface area contributed by atoms with Gasteiger partial charge in [0.25, 0.3) is 0 Å². The van der Waals surface area contributed by atoms with Gasteiger partial charge < -0.3 is 24.1 Å². The van der Waals surface area contributed by atoms with Crippen LogP contribution < -0.4 is 18.9 Å². The van der Waals surface area contributed by atoms with Gasteiger partial charge in [-0.25, -0.2) is 0 Å². The highest BCUT2D eigenvalue weighted by atomic mass is 16.7. The van der Waals surface area contributed by atoms with Crippen molar-refractivity contribution in [1.82, 2.24) is 4.90 Å². The van der Waals surface area contributed by atoms with E-state index in [0.29, 0.717) is 6.42 Å². The lowest BCUT2D eigenvalue weighted by Gasteiger charge is -2.46. The van der Waals surface area contributed by atoms with Crippen molar-refractivity contribution in [1.29, 1.82) is 0 Å². The lowest BCUT2D eigenvalue weighted by molar-refractivity contribution is 0.0582. The van der Waals surface area contributed by atoms with E-state index in [1.54, 1.807) is 0 Å². The molecule has 1 N–H and O–H groups in total. The third-order valence-electron chi connectivity index (χ3n) is 6.08. The Morgan fingerprint density at radius 3 is 2.27 bits per heavy atom. The SMILES string of the molecule is CN1Cc2c(ccc3c2OCO3)[C@@H]2[C@@H](O)Cc3c(ccc4c3OCO4)[C@@H]21. The van der Waals surface area contributed by atoms with Gasteiger partial charge in [-0.05, 0) is 30.3 Å². The highest BCUT2D eigenvalue weighted by Crippen LogP contribution is 2.55. The minimum absolute atomic E-state index is 0.00822. The first kappa shape index (κ1) is 14.7. The van der Waals surface area contributed by atoms with Gasteiger partial charge in [0.15, 0.2) is 23.0 Å². The molecule has 0 radical (unpaired) electrons. The molecule has 6 rings (SSSR count). The molecule has 2 aromatic carbocycles. The molecule has 0 saturated carbocycles.